The van der Waals surface area contributed by atoms with E-state index < -0.39 is 23.4 Å². The average Bonchev–Trinajstić information content (AvgIpc) is 2.55. The first-order valence-electron chi connectivity index (χ1n) is 5.15. The number of nitrogens with one attached hydrogen (secondary N) is 2. The van der Waals surface area contributed by atoms with Crippen LogP contribution in [0.5, 0.6) is 5.75 Å². The largest absolute Gasteiger partial charge is 0.426 e. The second-order valence-electron chi connectivity index (χ2n) is 4.10. The number of carbonyl (C=O) groups excluding carboxylic acids is 3. The number of benzene rings is 1. The Hall–Kier alpha value is -2.08. The molecule has 2 heterocycles. The Morgan fingerprint density at radius 2 is 2.06 bits per heavy atom. The van der Waals surface area contributed by atoms with E-state index in [1.54, 1.807) is 6.07 Å². The molecule has 3 amide bonds. The van der Waals surface area contributed by atoms with E-state index in [2.05, 4.69) is 10.6 Å². The minimum Gasteiger partial charge on any atom is -0.426 e. The quantitative estimate of drug-likeness (QED) is 0.411. The molecule has 1 spiro atoms. The van der Waals surface area contributed by atoms with Crippen molar-refractivity contribution in [2.75, 3.05) is 0 Å². The minimum absolute atomic E-state index is 0.230. The number of halogens is 1. The van der Waals surface area contributed by atoms with Crippen molar-refractivity contribution >= 4 is 29.5 Å². The van der Waals surface area contributed by atoms with Crippen molar-refractivity contribution < 1.29 is 19.1 Å². The number of hydrogen-bond donors (Lipinski definition) is 2. The molecule has 7 heteroatoms. The molecule has 92 valence electrons. The molecule has 0 aliphatic carbocycles. The highest BCUT2D eigenvalue weighted by molar-refractivity contribution is 6.30. The van der Waals surface area contributed by atoms with Crippen LogP contribution in [0.25, 0.3) is 0 Å². The van der Waals surface area contributed by atoms with Crippen LogP contribution in [-0.2, 0) is 15.1 Å². The van der Waals surface area contributed by atoms with Crippen LogP contribution >= 0.6 is 11.6 Å². The summed E-state index contributed by atoms with van der Waals surface area (Å²) < 4.78 is 5.03. The lowest BCUT2D eigenvalue weighted by molar-refractivity contribution is -0.141. The summed E-state index contributed by atoms with van der Waals surface area (Å²) in [5.74, 6) is -0.928. The predicted molar refractivity (Wildman–Crippen MR) is 60.1 cm³/mol. The number of fused-ring (bicyclic) bond motifs is 2. The van der Waals surface area contributed by atoms with Gasteiger partial charge in [-0.25, -0.2) is 4.79 Å². The van der Waals surface area contributed by atoms with Crippen molar-refractivity contribution in [2.24, 2.45) is 0 Å². The van der Waals surface area contributed by atoms with Gasteiger partial charge in [0, 0.05) is 10.6 Å². The fourth-order valence-electron chi connectivity index (χ4n) is 2.20. The molecular weight excluding hydrogens is 260 g/mol. The molecule has 0 bridgehead atoms. The van der Waals surface area contributed by atoms with Crippen LogP contribution in [0.3, 0.4) is 0 Å². The summed E-state index contributed by atoms with van der Waals surface area (Å²) >= 11 is 5.87. The molecule has 1 aromatic rings. The van der Waals surface area contributed by atoms with Crippen molar-refractivity contribution in [1.29, 1.82) is 0 Å². The normalized spacial score (nSPS) is 25.5. The molecule has 2 aliphatic heterocycles. The molecule has 2 N–H and O–H groups in total. The number of amides is 3. The second kappa shape index (κ2) is 3.46. The molecule has 1 aromatic carbocycles. The van der Waals surface area contributed by atoms with Gasteiger partial charge < -0.3 is 10.1 Å². The van der Waals surface area contributed by atoms with Crippen LogP contribution in [-0.4, -0.2) is 17.9 Å². The third-order valence-electron chi connectivity index (χ3n) is 2.98. The Morgan fingerprint density at radius 3 is 2.72 bits per heavy atom. The van der Waals surface area contributed by atoms with Crippen LogP contribution in [0.2, 0.25) is 5.02 Å². The van der Waals surface area contributed by atoms with Crippen molar-refractivity contribution in [3.8, 4) is 5.75 Å². The highest BCUT2D eigenvalue weighted by Gasteiger charge is 2.53. The predicted octanol–water partition coefficient (Wildman–Crippen LogP) is 0.684. The maximum atomic E-state index is 11.9. The lowest BCUT2D eigenvalue weighted by Gasteiger charge is -2.31. The van der Waals surface area contributed by atoms with Gasteiger partial charge in [-0.3, -0.25) is 14.9 Å². The first kappa shape index (κ1) is 11.0. The monoisotopic (exact) mass is 266 g/mol. The number of imide groups is 1. The summed E-state index contributed by atoms with van der Waals surface area (Å²) in [7, 11) is 0. The zero-order valence-electron chi connectivity index (χ0n) is 8.95. The lowest BCUT2D eigenvalue weighted by Crippen LogP contribution is -2.49. The van der Waals surface area contributed by atoms with Crippen molar-refractivity contribution in [1.82, 2.24) is 10.6 Å². The third kappa shape index (κ3) is 1.39. The zero-order valence-corrected chi connectivity index (χ0v) is 9.71. The van der Waals surface area contributed by atoms with Crippen LogP contribution < -0.4 is 15.4 Å². The Bertz CT molecular complexity index is 601. The van der Waals surface area contributed by atoms with Gasteiger partial charge in [-0.05, 0) is 18.2 Å². The number of urea groups is 1. The molecule has 1 atom stereocenters. The molecule has 18 heavy (non-hydrogen) atoms. The van der Waals surface area contributed by atoms with Gasteiger partial charge in [0.05, 0.1) is 6.42 Å². The first-order chi connectivity index (χ1) is 8.51. The molecule has 1 saturated heterocycles. The first-order valence-corrected chi connectivity index (χ1v) is 5.53. The summed E-state index contributed by atoms with van der Waals surface area (Å²) in [5.41, 5.74) is -1.02. The maximum absolute atomic E-state index is 11.9. The van der Waals surface area contributed by atoms with Crippen molar-refractivity contribution in [3.05, 3.63) is 28.8 Å². The molecule has 0 aromatic heterocycles. The van der Waals surface area contributed by atoms with Gasteiger partial charge in [0.25, 0.3) is 5.91 Å². The van der Waals surface area contributed by atoms with Gasteiger partial charge in [0.1, 0.15) is 5.75 Å². The molecule has 1 unspecified atom stereocenters. The van der Waals surface area contributed by atoms with E-state index in [1.165, 1.54) is 12.1 Å². The van der Waals surface area contributed by atoms with Gasteiger partial charge >= 0.3 is 12.0 Å². The number of ether oxygens (including phenoxy) is 1. The minimum atomic E-state index is -1.41. The summed E-state index contributed by atoms with van der Waals surface area (Å²) in [6.07, 6.45) is -0.252. The molecule has 0 radical (unpaired) electrons. The Labute approximate surface area is 106 Å². The smallest absolute Gasteiger partial charge is 0.322 e. The van der Waals surface area contributed by atoms with Crippen LogP contribution in [0.4, 0.5) is 4.79 Å². The van der Waals surface area contributed by atoms with Crippen LogP contribution in [0.15, 0.2) is 18.2 Å². The number of carbonyl (C=O) groups is 3. The van der Waals surface area contributed by atoms with Gasteiger partial charge in [-0.15, -0.1) is 0 Å². The van der Waals surface area contributed by atoms with E-state index in [0.717, 1.165) is 0 Å². The van der Waals surface area contributed by atoms with E-state index in [1.807, 2.05) is 0 Å². The number of rotatable bonds is 0. The summed E-state index contributed by atoms with van der Waals surface area (Å²) in [6, 6.07) is 3.91. The zero-order chi connectivity index (χ0) is 12.9. The molecule has 1 fully saturated rings. The SMILES string of the molecule is O=C1NC(=O)C2(CC(=O)Oc3ccc(Cl)cc32)N1. The standard InChI is InChI=1S/C11H7ClN2O4/c12-5-1-2-7-6(3-5)11(4-8(15)18-7)9(16)13-10(17)14-11/h1-3H,4H2,(H2,13,14,16,17). The Kier molecular flexibility index (Phi) is 2.12. The van der Waals surface area contributed by atoms with Gasteiger partial charge in [0.2, 0.25) is 0 Å². The fraction of sp³-hybridized carbons (Fsp3) is 0.182. The van der Waals surface area contributed by atoms with Crippen LogP contribution in [0, 0.1) is 0 Å². The second-order valence-corrected chi connectivity index (χ2v) is 4.54. The summed E-state index contributed by atoms with van der Waals surface area (Å²) in [6.45, 7) is 0. The molecule has 3 rings (SSSR count). The highest BCUT2D eigenvalue weighted by Crippen LogP contribution is 2.40. The van der Waals surface area contributed by atoms with Gasteiger partial charge in [-0.2, -0.15) is 0 Å². The topological polar surface area (TPSA) is 84.5 Å². The highest BCUT2D eigenvalue weighted by atomic mass is 35.5. The van der Waals surface area contributed by atoms with Crippen LogP contribution in [0.1, 0.15) is 12.0 Å². The molecule has 6 nitrogen and oxygen atoms in total. The summed E-state index contributed by atoms with van der Waals surface area (Å²) in [4.78, 5) is 34.8. The Morgan fingerprint density at radius 1 is 1.28 bits per heavy atom. The third-order valence-corrected chi connectivity index (χ3v) is 3.21. The number of hydrogen-bond acceptors (Lipinski definition) is 4. The van der Waals surface area contributed by atoms with E-state index in [0.29, 0.717) is 10.6 Å². The maximum Gasteiger partial charge on any atom is 0.322 e. The fourth-order valence-corrected chi connectivity index (χ4v) is 2.37. The van der Waals surface area contributed by atoms with E-state index >= 15 is 0 Å². The van der Waals surface area contributed by atoms with E-state index in [-0.39, 0.29) is 12.2 Å². The van der Waals surface area contributed by atoms with Gasteiger partial charge in [-0.1, -0.05) is 11.6 Å². The van der Waals surface area contributed by atoms with Gasteiger partial charge in [0.15, 0.2) is 5.54 Å². The summed E-state index contributed by atoms with van der Waals surface area (Å²) in [5, 5.41) is 4.98. The van der Waals surface area contributed by atoms with E-state index in [4.69, 9.17) is 16.3 Å². The van der Waals surface area contributed by atoms with E-state index in [9.17, 15) is 14.4 Å². The van der Waals surface area contributed by atoms with Crippen molar-refractivity contribution in [2.45, 2.75) is 12.0 Å². The molecule has 0 saturated carbocycles. The lowest BCUT2D eigenvalue weighted by atomic mass is 9.84. The molecule has 2 aliphatic rings. The average molecular weight is 267 g/mol. The molecular formula is C11H7ClN2O4. The Balaban J connectivity index is 2.23. The number of esters is 1. The van der Waals surface area contributed by atoms with Crippen molar-refractivity contribution in [3.63, 3.8) is 0 Å².